The van der Waals surface area contributed by atoms with Crippen LogP contribution in [0.5, 0.6) is 0 Å². The molecular formula is C60H58BN3. The monoisotopic (exact) mass is 831 g/mol. The Morgan fingerprint density at radius 1 is 0.594 bits per heavy atom. The summed E-state index contributed by atoms with van der Waals surface area (Å²) in [5.41, 5.74) is 24.4. The fourth-order valence-corrected chi connectivity index (χ4v) is 14.5. The number of rotatable bonds is 3. The molecule has 316 valence electrons. The van der Waals surface area contributed by atoms with E-state index < -0.39 is 0 Å². The van der Waals surface area contributed by atoms with E-state index in [1.807, 2.05) is 0 Å². The Morgan fingerprint density at radius 3 is 2.17 bits per heavy atom. The first kappa shape index (κ1) is 38.5. The highest BCUT2D eigenvalue weighted by atomic mass is 15.3. The lowest BCUT2D eigenvalue weighted by atomic mass is 9.33. The Labute approximate surface area is 380 Å². The van der Waals surface area contributed by atoms with E-state index in [-0.39, 0.29) is 28.6 Å². The molecule has 7 aromatic carbocycles. The van der Waals surface area contributed by atoms with Gasteiger partial charge in [-0.05, 0) is 156 Å². The van der Waals surface area contributed by atoms with Gasteiger partial charge in [0, 0.05) is 51.1 Å². The third-order valence-electron chi connectivity index (χ3n) is 17.3. The summed E-state index contributed by atoms with van der Waals surface area (Å²) in [5.74, 6) is 0.358. The molecule has 6 aliphatic rings. The highest BCUT2D eigenvalue weighted by molar-refractivity contribution is 7.00. The lowest BCUT2D eigenvalue weighted by Crippen LogP contribution is -2.65. The van der Waals surface area contributed by atoms with Crippen molar-refractivity contribution in [1.29, 1.82) is 0 Å². The van der Waals surface area contributed by atoms with Crippen molar-refractivity contribution in [3.05, 3.63) is 190 Å². The van der Waals surface area contributed by atoms with Gasteiger partial charge in [-0.2, -0.15) is 0 Å². The van der Waals surface area contributed by atoms with Gasteiger partial charge in [0.15, 0.2) is 0 Å². The molecule has 0 N–H and O–H groups in total. The zero-order valence-electron chi connectivity index (χ0n) is 38.6. The standard InChI is InChI=1S/C60H58BN3/c1-38-17-15-21-43(33-38)62-52-34-39(2)25-29-49(52)61-50-24-16-23-48-56(50)64(58(6)31-13-14-32-60(48,58)41-19-9-8-10-20-41)54-37-44(36-53(62)55(54)61)63-51-30-27-42(57(3,4)5)35-45(51)47-28-26-40-18-11-12-22-46(40)59(47,63)7/h8-12,15-25,27,29-30,33-37,47H,13-14,26,28,31-32H2,1-7H3. The van der Waals surface area contributed by atoms with Crippen molar-refractivity contribution in [2.45, 2.75) is 115 Å². The minimum absolute atomic E-state index is 0.0534. The lowest BCUT2D eigenvalue weighted by Gasteiger charge is -2.54. The molecule has 4 heteroatoms. The van der Waals surface area contributed by atoms with E-state index >= 15 is 0 Å². The lowest BCUT2D eigenvalue weighted by molar-refractivity contribution is 0.215. The Hall–Kier alpha value is -6.00. The predicted molar refractivity (Wildman–Crippen MR) is 270 cm³/mol. The fraction of sp³-hybridized carbons (Fsp3) is 0.300. The summed E-state index contributed by atoms with van der Waals surface area (Å²) < 4.78 is 0. The summed E-state index contributed by atoms with van der Waals surface area (Å²) in [6.45, 7) is 16.9. The van der Waals surface area contributed by atoms with Crippen LogP contribution in [-0.4, -0.2) is 12.3 Å². The molecular weight excluding hydrogens is 773 g/mol. The van der Waals surface area contributed by atoms with Gasteiger partial charge in [0.1, 0.15) is 0 Å². The molecule has 4 heterocycles. The molecule has 0 spiro atoms. The molecule has 0 bridgehead atoms. The maximum absolute atomic E-state index is 2.92. The van der Waals surface area contributed by atoms with Gasteiger partial charge in [0.05, 0.1) is 11.1 Å². The summed E-state index contributed by atoms with van der Waals surface area (Å²) >= 11 is 0. The Balaban J connectivity index is 1.16. The van der Waals surface area contributed by atoms with Gasteiger partial charge < -0.3 is 14.7 Å². The van der Waals surface area contributed by atoms with Crippen molar-refractivity contribution >= 4 is 62.9 Å². The third kappa shape index (κ3) is 4.79. The smallest absolute Gasteiger partial charge is 0.252 e. The van der Waals surface area contributed by atoms with Crippen molar-refractivity contribution in [2.75, 3.05) is 14.7 Å². The molecule has 0 aromatic heterocycles. The van der Waals surface area contributed by atoms with E-state index in [1.165, 1.54) is 114 Å². The molecule has 3 nitrogen and oxygen atoms in total. The number of aryl methyl sites for hydroxylation is 3. The summed E-state index contributed by atoms with van der Waals surface area (Å²) in [5, 5.41) is 0. The van der Waals surface area contributed by atoms with Crippen LogP contribution in [0.15, 0.2) is 146 Å². The van der Waals surface area contributed by atoms with Crippen LogP contribution in [0.2, 0.25) is 0 Å². The molecule has 64 heavy (non-hydrogen) atoms. The van der Waals surface area contributed by atoms with Crippen LogP contribution in [0.1, 0.15) is 117 Å². The highest BCUT2D eigenvalue weighted by Crippen LogP contribution is 2.66. The van der Waals surface area contributed by atoms with Gasteiger partial charge in [-0.25, -0.2) is 0 Å². The van der Waals surface area contributed by atoms with E-state index in [4.69, 9.17) is 0 Å². The van der Waals surface area contributed by atoms with Crippen LogP contribution in [0.4, 0.5) is 39.8 Å². The molecule has 1 saturated carbocycles. The average Bonchev–Trinajstić information content (AvgIpc) is 3.71. The van der Waals surface area contributed by atoms with Crippen LogP contribution in [0.25, 0.3) is 0 Å². The average molecular weight is 832 g/mol. The van der Waals surface area contributed by atoms with Gasteiger partial charge >= 0.3 is 0 Å². The normalized spacial score (nSPS) is 24.3. The number of fused-ring (bicyclic) bond motifs is 12. The summed E-state index contributed by atoms with van der Waals surface area (Å²) in [6, 6.07) is 57.7. The Bertz CT molecular complexity index is 3110. The maximum Gasteiger partial charge on any atom is 0.252 e. The third-order valence-corrected chi connectivity index (χ3v) is 17.3. The molecule has 0 radical (unpaired) electrons. The second kappa shape index (κ2) is 13.1. The van der Waals surface area contributed by atoms with E-state index in [2.05, 4.69) is 209 Å². The first-order valence-electron chi connectivity index (χ1n) is 24.1. The number of nitrogens with zero attached hydrogens (tertiary/aromatic N) is 3. The van der Waals surface area contributed by atoms with Crippen LogP contribution < -0.4 is 31.1 Å². The largest absolute Gasteiger partial charge is 0.335 e. The predicted octanol–water partition coefficient (Wildman–Crippen LogP) is 13.1. The van der Waals surface area contributed by atoms with Crippen molar-refractivity contribution in [3.63, 3.8) is 0 Å². The van der Waals surface area contributed by atoms with Gasteiger partial charge in [0.25, 0.3) is 6.71 Å². The van der Waals surface area contributed by atoms with E-state index in [9.17, 15) is 0 Å². The van der Waals surface area contributed by atoms with Crippen LogP contribution in [0, 0.1) is 13.8 Å². The number of hydrogen-bond acceptors (Lipinski definition) is 3. The second-order valence-corrected chi connectivity index (χ2v) is 21.7. The minimum atomic E-state index is -0.281. The number of benzene rings is 7. The molecule has 4 aliphatic heterocycles. The molecule has 2 aliphatic carbocycles. The van der Waals surface area contributed by atoms with Crippen LogP contribution >= 0.6 is 0 Å². The SMILES string of the molecule is Cc1cccc(N2c3cc(C)ccc3B3c4cccc5c4N(c4cc(N6c7ccc(C(C)(C)C)cc7C7CCc8ccccc8C76C)cc2c43)C2(C)CCCCC52c2ccccc2)c1. The molecule has 4 unspecified atom stereocenters. The zero-order chi connectivity index (χ0) is 43.5. The topological polar surface area (TPSA) is 9.72 Å². The summed E-state index contributed by atoms with van der Waals surface area (Å²) in [6.07, 6.45) is 6.96. The molecule has 4 atom stereocenters. The Kier molecular flexibility index (Phi) is 7.85. The maximum atomic E-state index is 2.92. The first-order valence-corrected chi connectivity index (χ1v) is 24.1. The molecule has 13 rings (SSSR count). The minimum Gasteiger partial charge on any atom is -0.335 e. The van der Waals surface area contributed by atoms with Gasteiger partial charge in [0.2, 0.25) is 0 Å². The van der Waals surface area contributed by atoms with E-state index in [1.54, 1.807) is 0 Å². The first-order chi connectivity index (χ1) is 30.9. The highest BCUT2D eigenvalue weighted by Gasteiger charge is 2.64. The fourth-order valence-electron chi connectivity index (χ4n) is 14.5. The van der Waals surface area contributed by atoms with Crippen molar-refractivity contribution in [3.8, 4) is 0 Å². The van der Waals surface area contributed by atoms with Gasteiger partial charge in [-0.1, -0.05) is 143 Å². The zero-order valence-corrected chi connectivity index (χ0v) is 38.6. The molecule has 0 saturated heterocycles. The number of anilines is 7. The van der Waals surface area contributed by atoms with Crippen molar-refractivity contribution in [1.82, 2.24) is 0 Å². The second-order valence-electron chi connectivity index (χ2n) is 21.7. The molecule has 0 amide bonds. The van der Waals surface area contributed by atoms with Crippen molar-refractivity contribution < 1.29 is 0 Å². The van der Waals surface area contributed by atoms with Crippen molar-refractivity contribution in [2.24, 2.45) is 0 Å². The summed E-state index contributed by atoms with van der Waals surface area (Å²) in [4.78, 5) is 8.38. The molecule has 7 aromatic rings. The molecule has 1 fully saturated rings. The van der Waals surface area contributed by atoms with Crippen LogP contribution in [0.3, 0.4) is 0 Å². The Morgan fingerprint density at radius 2 is 1.34 bits per heavy atom. The number of hydrogen-bond donors (Lipinski definition) is 0. The van der Waals surface area contributed by atoms with E-state index in [0.717, 1.165) is 25.7 Å². The van der Waals surface area contributed by atoms with Gasteiger partial charge in [-0.3, -0.25) is 0 Å². The van der Waals surface area contributed by atoms with Crippen LogP contribution in [-0.2, 0) is 22.8 Å². The summed E-state index contributed by atoms with van der Waals surface area (Å²) in [7, 11) is 0. The van der Waals surface area contributed by atoms with Gasteiger partial charge in [-0.15, -0.1) is 0 Å². The quantitative estimate of drug-likeness (QED) is 0.164. The number of para-hydroxylation sites is 1. The van der Waals surface area contributed by atoms with E-state index in [0.29, 0.717) is 5.92 Å².